The summed E-state index contributed by atoms with van der Waals surface area (Å²) in [6.07, 6.45) is 0. The standard InChI is InChI=1S/C25H24N4O/c1-18(19-8-4-2-5-9-19)28-14-15-29-23-13-12-21(16-22(23)27-24(29)17-28)26-25(30)20-10-6-3-7-11-20/h2-13,16,18H,14-15,17H2,1H3,(H,26,30)/t18-/m1/s1. The van der Waals surface area contributed by atoms with E-state index in [0.29, 0.717) is 11.6 Å². The Hall–Kier alpha value is -3.44. The molecule has 5 heteroatoms. The molecule has 1 aliphatic heterocycles. The maximum absolute atomic E-state index is 12.5. The third-order valence-corrected chi connectivity index (χ3v) is 5.91. The number of imidazole rings is 1. The number of benzene rings is 3. The van der Waals surface area contributed by atoms with Gasteiger partial charge in [0.25, 0.3) is 5.91 Å². The van der Waals surface area contributed by atoms with Crippen molar-refractivity contribution in [2.45, 2.75) is 26.1 Å². The average molecular weight is 396 g/mol. The lowest BCUT2D eigenvalue weighted by atomic mass is 10.1. The molecular formula is C25H24N4O. The van der Waals surface area contributed by atoms with Crippen LogP contribution in [0.2, 0.25) is 0 Å². The van der Waals surface area contributed by atoms with Crippen LogP contribution in [0.15, 0.2) is 78.9 Å². The Balaban J connectivity index is 1.37. The lowest BCUT2D eigenvalue weighted by Crippen LogP contribution is -2.35. The highest BCUT2D eigenvalue weighted by atomic mass is 16.1. The van der Waals surface area contributed by atoms with Crippen molar-refractivity contribution < 1.29 is 4.79 Å². The molecule has 5 rings (SSSR count). The van der Waals surface area contributed by atoms with Crippen LogP contribution in [-0.4, -0.2) is 26.9 Å². The van der Waals surface area contributed by atoms with Gasteiger partial charge in [-0.25, -0.2) is 4.98 Å². The topological polar surface area (TPSA) is 50.2 Å². The van der Waals surface area contributed by atoms with Crippen LogP contribution in [0.4, 0.5) is 5.69 Å². The van der Waals surface area contributed by atoms with Gasteiger partial charge < -0.3 is 9.88 Å². The number of nitrogens with one attached hydrogen (secondary N) is 1. The molecule has 5 nitrogen and oxygen atoms in total. The molecule has 0 unspecified atom stereocenters. The Kier molecular flexibility index (Phi) is 4.81. The number of fused-ring (bicyclic) bond motifs is 3. The van der Waals surface area contributed by atoms with Gasteiger partial charge in [0.05, 0.1) is 17.6 Å². The summed E-state index contributed by atoms with van der Waals surface area (Å²) in [5, 5.41) is 2.98. The third-order valence-electron chi connectivity index (χ3n) is 5.91. The molecule has 0 saturated carbocycles. The molecule has 0 fully saturated rings. The molecule has 30 heavy (non-hydrogen) atoms. The van der Waals surface area contributed by atoms with Crippen molar-refractivity contribution in [3.8, 4) is 0 Å². The van der Waals surface area contributed by atoms with Crippen molar-refractivity contribution in [2.24, 2.45) is 0 Å². The smallest absolute Gasteiger partial charge is 0.255 e. The minimum atomic E-state index is -0.109. The summed E-state index contributed by atoms with van der Waals surface area (Å²) in [4.78, 5) is 19.8. The molecule has 0 saturated heterocycles. The highest BCUT2D eigenvalue weighted by Gasteiger charge is 2.24. The molecule has 1 aliphatic rings. The monoisotopic (exact) mass is 396 g/mol. The maximum Gasteiger partial charge on any atom is 0.255 e. The molecule has 150 valence electrons. The predicted octanol–water partition coefficient (Wildman–Crippen LogP) is 4.87. The number of anilines is 1. The highest BCUT2D eigenvalue weighted by Crippen LogP contribution is 2.28. The molecule has 1 amide bonds. The fraction of sp³-hybridized carbons (Fsp3) is 0.200. The van der Waals surface area contributed by atoms with Crippen LogP contribution in [0.1, 0.15) is 34.7 Å². The van der Waals surface area contributed by atoms with Gasteiger partial charge in [0.1, 0.15) is 5.82 Å². The fourth-order valence-corrected chi connectivity index (χ4v) is 4.18. The number of amides is 1. The van der Waals surface area contributed by atoms with E-state index in [1.54, 1.807) is 0 Å². The minimum Gasteiger partial charge on any atom is -0.326 e. The summed E-state index contributed by atoms with van der Waals surface area (Å²) >= 11 is 0. The van der Waals surface area contributed by atoms with Gasteiger partial charge in [-0.3, -0.25) is 9.69 Å². The van der Waals surface area contributed by atoms with E-state index in [2.05, 4.69) is 58.1 Å². The summed E-state index contributed by atoms with van der Waals surface area (Å²) in [5.74, 6) is 0.965. The summed E-state index contributed by atoms with van der Waals surface area (Å²) in [5.41, 5.74) is 4.78. The highest BCUT2D eigenvalue weighted by molar-refractivity contribution is 6.04. The molecule has 4 aromatic rings. The molecule has 0 bridgehead atoms. The Morgan fingerprint density at radius 3 is 2.47 bits per heavy atom. The lowest BCUT2D eigenvalue weighted by Gasteiger charge is -2.33. The zero-order valence-corrected chi connectivity index (χ0v) is 17.0. The summed E-state index contributed by atoms with van der Waals surface area (Å²) in [6, 6.07) is 26.2. The van der Waals surface area contributed by atoms with E-state index < -0.39 is 0 Å². The van der Waals surface area contributed by atoms with Crippen LogP contribution in [-0.2, 0) is 13.1 Å². The quantitative estimate of drug-likeness (QED) is 0.536. The van der Waals surface area contributed by atoms with Gasteiger partial charge in [0.2, 0.25) is 0 Å². The van der Waals surface area contributed by atoms with Gasteiger partial charge in [0, 0.05) is 30.4 Å². The molecule has 0 radical (unpaired) electrons. The number of carbonyl (C=O) groups excluding carboxylic acids is 1. The van der Waals surface area contributed by atoms with Gasteiger partial charge in [-0.1, -0.05) is 48.5 Å². The average Bonchev–Trinajstić information content (AvgIpc) is 3.16. The Morgan fingerprint density at radius 1 is 0.967 bits per heavy atom. The zero-order chi connectivity index (χ0) is 20.5. The fourth-order valence-electron chi connectivity index (χ4n) is 4.18. The predicted molar refractivity (Wildman–Crippen MR) is 119 cm³/mol. The number of hydrogen-bond acceptors (Lipinski definition) is 3. The van der Waals surface area contributed by atoms with Crippen molar-refractivity contribution in [3.05, 3.63) is 95.8 Å². The molecule has 1 atom stereocenters. The number of hydrogen-bond donors (Lipinski definition) is 1. The molecule has 0 spiro atoms. The van der Waals surface area contributed by atoms with E-state index >= 15 is 0 Å². The Labute approximate surface area is 176 Å². The third kappa shape index (κ3) is 3.48. The molecule has 1 N–H and O–H groups in total. The normalized spacial score (nSPS) is 15.0. The molecular weight excluding hydrogens is 372 g/mol. The van der Waals surface area contributed by atoms with Gasteiger partial charge in [-0.05, 0) is 42.8 Å². The van der Waals surface area contributed by atoms with Crippen molar-refractivity contribution >= 4 is 22.6 Å². The van der Waals surface area contributed by atoms with Gasteiger partial charge in [-0.15, -0.1) is 0 Å². The number of aromatic nitrogens is 2. The molecule has 0 aliphatic carbocycles. The van der Waals surface area contributed by atoms with Gasteiger partial charge >= 0.3 is 0 Å². The van der Waals surface area contributed by atoms with Crippen LogP contribution >= 0.6 is 0 Å². The molecule has 3 aromatic carbocycles. The van der Waals surface area contributed by atoms with Crippen LogP contribution in [0.3, 0.4) is 0 Å². The van der Waals surface area contributed by atoms with Crippen LogP contribution in [0.25, 0.3) is 11.0 Å². The first-order valence-electron chi connectivity index (χ1n) is 10.3. The van der Waals surface area contributed by atoms with Crippen molar-refractivity contribution in [1.29, 1.82) is 0 Å². The van der Waals surface area contributed by atoms with E-state index in [1.165, 1.54) is 5.56 Å². The number of carbonyl (C=O) groups is 1. The van der Waals surface area contributed by atoms with E-state index in [1.807, 2.05) is 42.5 Å². The van der Waals surface area contributed by atoms with Gasteiger partial charge in [0.15, 0.2) is 0 Å². The van der Waals surface area contributed by atoms with E-state index in [0.717, 1.165) is 42.2 Å². The SMILES string of the molecule is C[C@H](c1ccccc1)N1CCn2c(nc3cc(NC(=O)c4ccccc4)ccc32)C1. The van der Waals surface area contributed by atoms with E-state index in [9.17, 15) is 4.79 Å². The summed E-state index contributed by atoms with van der Waals surface area (Å²) in [6.45, 7) is 4.97. The van der Waals surface area contributed by atoms with Crippen molar-refractivity contribution in [2.75, 3.05) is 11.9 Å². The van der Waals surface area contributed by atoms with E-state index in [4.69, 9.17) is 4.98 Å². The van der Waals surface area contributed by atoms with Crippen LogP contribution in [0, 0.1) is 0 Å². The lowest BCUT2D eigenvalue weighted by molar-refractivity contribution is 0.102. The Morgan fingerprint density at radius 2 is 1.70 bits per heavy atom. The maximum atomic E-state index is 12.5. The van der Waals surface area contributed by atoms with E-state index in [-0.39, 0.29) is 5.91 Å². The first-order chi connectivity index (χ1) is 14.7. The van der Waals surface area contributed by atoms with Crippen molar-refractivity contribution in [1.82, 2.24) is 14.5 Å². The van der Waals surface area contributed by atoms with Crippen molar-refractivity contribution in [3.63, 3.8) is 0 Å². The van der Waals surface area contributed by atoms with Crippen LogP contribution < -0.4 is 5.32 Å². The van der Waals surface area contributed by atoms with Gasteiger partial charge in [-0.2, -0.15) is 0 Å². The second kappa shape index (κ2) is 7.76. The first-order valence-corrected chi connectivity index (χ1v) is 10.3. The largest absolute Gasteiger partial charge is 0.326 e. The van der Waals surface area contributed by atoms with Crippen LogP contribution in [0.5, 0.6) is 0 Å². The molecule has 2 heterocycles. The Bertz CT molecular complexity index is 1180. The minimum absolute atomic E-state index is 0.109. The summed E-state index contributed by atoms with van der Waals surface area (Å²) in [7, 11) is 0. The number of nitrogens with zero attached hydrogens (tertiary/aromatic N) is 3. The summed E-state index contributed by atoms with van der Waals surface area (Å²) < 4.78 is 2.30. The second-order valence-electron chi connectivity index (χ2n) is 7.76. The zero-order valence-electron chi connectivity index (χ0n) is 17.0. The second-order valence-corrected chi connectivity index (χ2v) is 7.76. The first kappa shape index (κ1) is 18.6. The number of rotatable bonds is 4. The molecule has 1 aromatic heterocycles.